The zero-order valence-corrected chi connectivity index (χ0v) is 18.2. The third-order valence-corrected chi connectivity index (χ3v) is 5.33. The summed E-state index contributed by atoms with van der Waals surface area (Å²) in [4.78, 5) is 22.4. The predicted octanol–water partition coefficient (Wildman–Crippen LogP) is 1.25. The molecular weight excluding hydrogens is 400 g/mol. The highest BCUT2D eigenvalue weighted by molar-refractivity contribution is 5.75. The molecule has 168 valence electrons. The quantitative estimate of drug-likeness (QED) is 0.573. The summed E-state index contributed by atoms with van der Waals surface area (Å²) in [6.07, 6.45) is 1.65. The molecule has 2 aliphatic heterocycles. The van der Waals surface area contributed by atoms with E-state index in [1.54, 1.807) is 6.21 Å². The van der Waals surface area contributed by atoms with Crippen molar-refractivity contribution in [2.45, 2.75) is 20.4 Å². The van der Waals surface area contributed by atoms with E-state index in [0.717, 1.165) is 63.0 Å². The summed E-state index contributed by atoms with van der Waals surface area (Å²) in [5.74, 6) is 2.79. The zero-order valence-electron chi connectivity index (χ0n) is 18.2. The standard InChI is InChI=1S/C21H30N6O4/c1-16-13-18(31-17(16)2)14-22-15-19-23-20(27-6-10-29-11-7-27)25-21(24-19)30-12-5-26-3-8-28-9-4-26/h13,15H,3-12,14H2,1-2H3. The summed E-state index contributed by atoms with van der Waals surface area (Å²) in [6.45, 7) is 11.9. The molecule has 0 spiro atoms. The number of anilines is 1. The van der Waals surface area contributed by atoms with Crippen LogP contribution >= 0.6 is 0 Å². The number of morpholine rings is 2. The number of aryl methyl sites for hydroxylation is 2. The van der Waals surface area contributed by atoms with Crippen LogP contribution < -0.4 is 9.64 Å². The van der Waals surface area contributed by atoms with Crippen LogP contribution in [0, 0.1) is 13.8 Å². The molecule has 0 N–H and O–H groups in total. The van der Waals surface area contributed by atoms with Gasteiger partial charge in [-0.15, -0.1) is 0 Å². The van der Waals surface area contributed by atoms with Crippen LogP contribution in [0.3, 0.4) is 0 Å². The van der Waals surface area contributed by atoms with Gasteiger partial charge in [0, 0.05) is 32.7 Å². The molecular formula is C21H30N6O4. The Hall–Kier alpha value is -2.56. The number of furan rings is 1. The smallest absolute Gasteiger partial charge is 0.321 e. The van der Waals surface area contributed by atoms with E-state index >= 15 is 0 Å². The maximum absolute atomic E-state index is 5.88. The lowest BCUT2D eigenvalue weighted by molar-refractivity contribution is 0.0317. The van der Waals surface area contributed by atoms with Crippen molar-refractivity contribution in [3.05, 3.63) is 29.0 Å². The van der Waals surface area contributed by atoms with Crippen LogP contribution in [0.1, 0.15) is 22.9 Å². The monoisotopic (exact) mass is 430 g/mol. The molecule has 10 nitrogen and oxygen atoms in total. The molecule has 0 aromatic carbocycles. The van der Waals surface area contributed by atoms with Gasteiger partial charge in [-0.1, -0.05) is 0 Å². The van der Waals surface area contributed by atoms with Crippen LogP contribution in [0.15, 0.2) is 15.5 Å². The van der Waals surface area contributed by atoms with Crippen LogP contribution in [0.4, 0.5) is 5.95 Å². The summed E-state index contributed by atoms with van der Waals surface area (Å²) < 4.78 is 22.4. The molecule has 2 aromatic rings. The van der Waals surface area contributed by atoms with Gasteiger partial charge < -0.3 is 23.5 Å². The average Bonchev–Trinajstić information content (AvgIpc) is 3.12. The van der Waals surface area contributed by atoms with Gasteiger partial charge in [0.05, 0.1) is 39.2 Å². The summed E-state index contributed by atoms with van der Waals surface area (Å²) in [5, 5.41) is 0. The molecule has 4 heterocycles. The first-order valence-electron chi connectivity index (χ1n) is 10.7. The lowest BCUT2D eigenvalue weighted by Crippen LogP contribution is -2.39. The minimum atomic E-state index is 0.316. The van der Waals surface area contributed by atoms with Crippen molar-refractivity contribution >= 4 is 12.2 Å². The predicted molar refractivity (Wildman–Crippen MR) is 115 cm³/mol. The highest BCUT2D eigenvalue weighted by Gasteiger charge is 2.17. The fourth-order valence-corrected chi connectivity index (χ4v) is 3.42. The molecule has 2 saturated heterocycles. The Balaban J connectivity index is 1.43. The van der Waals surface area contributed by atoms with Crippen molar-refractivity contribution in [1.29, 1.82) is 0 Å². The lowest BCUT2D eigenvalue weighted by atomic mass is 10.3. The fraction of sp³-hybridized carbons (Fsp3) is 0.619. The maximum Gasteiger partial charge on any atom is 0.321 e. The number of aliphatic imine (C=N–C) groups is 1. The van der Waals surface area contributed by atoms with Gasteiger partial charge in [-0.25, -0.2) is 0 Å². The number of hydrogen-bond donors (Lipinski definition) is 0. The Morgan fingerprint density at radius 1 is 1.03 bits per heavy atom. The molecule has 0 aliphatic carbocycles. The molecule has 31 heavy (non-hydrogen) atoms. The summed E-state index contributed by atoms with van der Waals surface area (Å²) in [7, 11) is 0. The van der Waals surface area contributed by atoms with Crippen LogP contribution in [-0.2, 0) is 16.0 Å². The minimum Gasteiger partial charge on any atom is -0.464 e. The molecule has 0 atom stereocenters. The number of aromatic nitrogens is 3. The Morgan fingerprint density at radius 3 is 2.48 bits per heavy atom. The second-order valence-electron chi connectivity index (χ2n) is 7.60. The van der Waals surface area contributed by atoms with E-state index in [9.17, 15) is 0 Å². The van der Waals surface area contributed by atoms with Gasteiger partial charge in [0.15, 0.2) is 5.82 Å². The number of ether oxygens (including phenoxy) is 3. The summed E-state index contributed by atoms with van der Waals surface area (Å²) in [5.41, 5.74) is 1.12. The van der Waals surface area contributed by atoms with Gasteiger partial charge in [-0.05, 0) is 25.5 Å². The number of rotatable bonds is 8. The Kier molecular flexibility index (Phi) is 7.44. The molecule has 2 aromatic heterocycles. The van der Waals surface area contributed by atoms with E-state index in [2.05, 4.69) is 29.7 Å². The van der Waals surface area contributed by atoms with Crippen LogP contribution in [-0.4, -0.2) is 91.8 Å². The van der Waals surface area contributed by atoms with Gasteiger partial charge >= 0.3 is 6.01 Å². The summed E-state index contributed by atoms with van der Waals surface area (Å²) in [6, 6.07) is 2.32. The Labute approximate surface area is 182 Å². The fourth-order valence-electron chi connectivity index (χ4n) is 3.42. The zero-order chi connectivity index (χ0) is 21.5. The van der Waals surface area contributed by atoms with Crippen molar-refractivity contribution in [3.8, 4) is 6.01 Å². The average molecular weight is 431 g/mol. The normalized spacial score (nSPS) is 18.1. The minimum absolute atomic E-state index is 0.316. The Morgan fingerprint density at radius 2 is 1.77 bits per heavy atom. The molecule has 4 rings (SSSR count). The van der Waals surface area contributed by atoms with E-state index in [0.29, 0.717) is 44.1 Å². The van der Waals surface area contributed by atoms with Gasteiger partial charge in [-0.2, -0.15) is 15.0 Å². The van der Waals surface area contributed by atoms with Gasteiger partial charge in [0.1, 0.15) is 18.1 Å². The van der Waals surface area contributed by atoms with Gasteiger partial charge in [-0.3, -0.25) is 9.89 Å². The molecule has 2 aliphatic rings. The van der Waals surface area contributed by atoms with Crippen LogP contribution in [0.2, 0.25) is 0 Å². The molecule has 2 fully saturated rings. The third kappa shape index (κ3) is 6.22. The topological polar surface area (TPSA) is 98.3 Å². The molecule has 0 radical (unpaired) electrons. The van der Waals surface area contributed by atoms with Crippen LogP contribution in [0.5, 0.6) is 6.01 Å². The number of nitrogens with zero attached hydrogens (tertiary/aromatic N) is 6. The van der Waals surface area contributed by atoms with Crippen molar-refractivity contribution in [2.75, 3.05) is 70.7 Å². The van der Waals surface area contributed by atoms with Gasteiger partial charge in [0.2, 0.25) is 5.95 Å². The van der Waals surface area contributed by atoms with Crippen molar-refractivity contribution in [2.24, 2.45) is 4.99 Å². The third-order valence-electron chi connectivity index (χ3n) is 5.33. The van der Waals surface area contributed by atoms with E-state index in [-0.39, 0.29) is 0 Å². The van der Waals surface area contributed by atoms with Crippen molar-refractivity contribution in [1.82, 2.24) is 19.9 Å². The first kappa shape index (κ1) is 21.7. The van der Waals surface area contributed by atoms with E-state index in [1.165, 1.54) is 0 Å². The Bertz CT molecular complexity index is 855. The van der Waals surface area contributed by atoms with Crippen molar-refractivity contribution in [3.63, 3.8) is 0 Å². The van der Waals surface area contributed by atoms with E-state index < -0.39 is 0 Å². The van der Waals surface area contributed by atoms with Gasteiger partial charge in [0.25, 0.3) is 0 Å². The van der Waals surface area contributed by atoms with Crippen LogP contribution in [0.25, 0.3) is 0 Å². The largest absolute Gasteiger partial charge is 0.464 e. The first-order chi connectivity index (χ1) is 15.2. The highest BCUT2D eigenvalue weighted by Crippen LogP contribution is 2.15. The summed E-state index contributed by atoms with van der Waals surface area (Å²) >= 11 is 0. The molecule has 10 heteroatoms. The second-order valence-corrected chi connectivity index (χ2v) is 7.60. The first-order valence-corrected chi connectivity index (χ1v) is 10.7. The second kappa shape index (κ2) is 10.7. The van der Waals surface area contributed by atoms with Crippen molar-refractivity contribution < 1.29 is 18.6 Å². The maximum atomic E-state index is 5.88. The van der Waals surface area contributed by atoms with E-state index in [1.807, 2.05) is 19.9 Å². The SMILES string of the molecule is Cc1cc(CN=Cc2nc(OCCN3CCOCC3)nc(N3CCOCC3)n2)oc1C. The van der Waals surface area contributed by atoms with E-state index in [4.69, 9.17) is 18.6 Å². The molecule has 0 saturated carbocycles. The molecule has 0 bridgehead atoms. The number of hydrogen-bond acceptors (Lipinski definition) is 10. The molecule has 0 amide bonds. The highest BCUT2D eigenvalue weighted by atomic mass is 16.5. The lowest BCUT2D eigenvalue weighted by Gasteiger charge is -2.27. The molecule has 0 unspecified atom stereocenters.